The Labute approximate surface area is 170 Å². The highest BCUT2D eigenvalue weighted by atomic mass is 32.2. The Morgan fingerprint density at radius 3 is 2.82 bits per heavy atom. The fraction of sp³-hybridized carbons (Fsp3) is 0.263. The Morgan fingerprint density at radius 2 is 2.04 bits per heavy atom. The van der Waals surface area contributed by atoms with Gasteiger partial charge in [0.1, 0.15) is 16.2 Å². The third-order valence-electron chi connectivity index (χ3n) is 4.69. The number of amides is 2. The average Bonchev–Trinajstić information content (AvgIpc) is 3.11. The topological polar surface area (TPSA) is 101 Å². The van der Waals surface area contributed by atoms with Crippen LogP contribution in [-0.4, -0.2) is 32.6 Å². The molecule has 2 aromatic heterocycles. The Kier molecular flexibility index (Phi) is 4.51. The minimum Gasteiger partial charge on any atom is -0.383 e. The summed E-state index contributed by atoms with van der Waals surface area (Å²) in [5.74, 6) is -0.0144. The smallest absolute Gasteiger partial charge is 0.250 e. The lowest BCUT2D eigenvalue weighted by molar-refractivity contribution is -0.126. The number of nitrogens with one attached hydrogen (secondary N) is 1. The number of nitrogens with two attached hydrogens (primary N) is 1. The van der Waals surface area contributed by atoms with Gasteiger partial charge in [-0.2, -0.15) is 0 Å². The monoisotopic (exact) mass is 413 g/mol. The van der Waals surface area contributed by atoms with Gasteiger partial charge in [-0.3, -0.25) is 14.5 Å². The van der Waals surface area contributed by atoms with Crippen molar-refractivity contribution in [2.75, 3.05) is 16.0 Å². The molecule has 1 unspecified atom stereocenters. The molecule has 1 aliphatic rings. The number of carbonyl (C=O) groups excluding carboxylic acids is 2. The molecule has 1 aliphatic heterocycles. The van der Waals surface area contributed by atoms with Crippen LogP contribution in [0.25, 0.3) is 10.2 Å². The SMILES string of the molecule is CC(Sc1nc(N)c2ccsc2n1)C(=O)N1c2ccccc2NC(=O)C1(C)C. The second kappa shape index (κ2) is 6.75. The lowest BCUT2D eigenvalue weighted by Crippen LogP contribution is -2.60. The van der Waals surface area contributed by atoms with Crippen LogP contribution in [0.2, 0.25) is 0 Å². The van der Waals surface area contributed by atoms with Crippen LogP contribution in [0.1, 0.15) is 20.8 Å². The van der Waals surface area contributed by atoms with E-state index in [1.54, 1.807) is 31.7 Å². The van der Waals surface area contributed by atoms with Crippen LogP contribution in [0.3, 0.4) is 0 Å². The maximum absolute atomic E-state index is 13.4. The molecule has 0 bridgehead atoms. The minimum absolute atomic E-state index is 0.189. The molecule has 28 heavy (non-hydrogen) atoms. The van der Waals surface area contributed by atoms with E-state index in [9.17, 15) is 9.59 Å². The van der Waals surface area contributed by atoms with E-state index in [0.29, 0.717) is 22.3 Å². The first-order chi connectivity index (χ1) is 13.3. The molecule has 9 heteroatoms. The van der Waals surface area contributed by atoms with Crippen molar-refractivity contribution >= 4 is 62.3 Å². The quantitative estimate of drug-likeness (QED) is 0.503. The summed E-state index contributed by atoms with van der Waals surface area (Å²) in [4.78, 5) is 37.1. The van der Waals surface area contributed by atoms with E-state index in [-0.39, 0.29) is 11.8 Å². The highest BCUT2D eigenvalue weighted by molar-refractivity contribution is 8.00. The van der Waals surface area contributed by atoms with Crippen LogP contribution in [0.5, 0.6) is 0 Å². The van der Waals surface area contributed by atoms with Crippen LogP contribution in [0, 0.1) is 0 Å². The van der Waals surface area contributed by atoms with Gasteiger partial charge in [-0.25, -0.2) is 9.97 Å². The summed E-state index contributed by atoms with van der Waals surface area (Å²) < 4.78 is 0. The van der Waals surface area contributed by atoms with Crippen molar-refractivity contribution in [3.8, 4) is 0 Å². The lowest BCUT2D eigenvalue weighted by atomic mass is 9.96. The number of hydrogen-bond acceptors (Lipinski definition) is 7. The summed E-state index contributed by atoms with van der Waals surface area (Å²) in [6, 6.07) is 9.17. The van der Waals surface area contributed by atoms with Crippen molar-refractivity contribution in [3.63, 3.8) is 0 Å². The number of thioether (sulfide) groups is 1. The molecule has 0 saturated heterocycles. The van der Waals surface area contributed by atoms with E-state index in [1.165, 1.54) is 23.1 Å². The van der Waals surface area contributed by atoms with Gasteiger partial charge in [0.2, 0.25) is 11.8 Å². The number of carbonyl (C=O) groups is 2. The molecule has 1 aromatic carbocycles. The number of para-hydroxylation sites is 2. The summed E-state index contributed by atoms with van der Waals surface area (Å²) in [6.45, 7) is 5.26. The molecule has 4 rings (SSSR count). The van der Waals surface area contributed by atoms with Gasteiger partial charge in [-0.15, -0.1) is 11.3 Å². The molecule has 2 amide bonds. The van der Waals surface area contributed by atoms with Gasteiger partial charge in [0.15, 0.2) is 5.16 Å². The van der Waals surface area contributed by atoms with Crippen molar-refractivity contribution < 1.29 is 9.59 Å². The van der Waals surface area contributed by atoms with Crippen LogP contribution in [-0.2, 0) is 9.59 Å². The average molecular weight is 414 g/mol. The molecule has 3 aromatic rings. The number of hydrogen-bond donors (Lipinski definition) is 2. The van der Waals surface area contributed by atoms with Crippen LogP contribution < -0.4 is 16.0 Å². The first-order valence-corrected chi connectivity index (χ1v) is 10.5. The molecule has 0 radical (unpaired) electrons. The summed E-state index contributed by atoms with van der Waals surface area (Å²) in [6.07, 6.45) is 0. The van der Waals surface area contributed by atoms with Gasteiger partial charge in [-0.05, 0) is 44.4 Å². The van der Waals surface area contributed by atoms with Crippen LogP contribution in [0.4, 0.5) is 17.2 Å². The van der Waals surface area contributed by atoms with E-state index in [4.69, 9.17) is 5.73 Å². The van der Waals surface area contributed by atoms with Gasteiger partial charge < -0.3 is 11.1 Å². The normalized spacial score (nSPS) is 16.5. The van der Waals surface area contributed by atoms with Crippen molar-refractivity contribution in [2.24, 2.45) is 0 Å². The molecule has 1 atom stereocenters. The molecule has 3 N–H and O–H groups in total. The largest absolute Gasteiger partial charge is 0.383 e. The molecular formula is C19H19N5O2S2. The van der Waals surface area contributed by atoms with E-state index in [0.717, 1.165) is 10.2 Å². The number of thiophene rings is 1. The van der Waals surface area contributed by atoms with E-state index in [1.807, 2.05) is 29.6 Å². The number of fused-ring (bicyclic) bond motifs is 2. The number of aromatic nitrogens is 2. The molecule has 0 aliphatic carbocycles. The van der Waals surface area contributed by atoms with Crippen LogP contribution in [0.15, 0.2) is 40.9 Å². The van der Waals surface area contributed by atoms with Crippen LogP contribution >= 0.6 is 23.1 Å². The molecular weight excluding hydrogens is 394 g/mol. The van der Waals surface area contributed by atoms with Crippen molar-refractivity contribution in [2.45, 2.75) is 36.7 Å². The van der Waals surface area contributed by atoms with E-state index >= 15 is 0 Å². The zero-order chi connectivity index (χ0) is 20.1. The number of anilines is 3. The maximum atomic E-state index is 13.4. The number of rotatable bonds is 3. The lowest BCUT2D eigenvalue weighted by Gasteiger charge is -2.43. The molecule has 0 fully saturated rings. The zero-order valence-corrected chi connectivity index (χ0v) is 17.2. The number of nitrogen functional groups attached to an aromatic ring is 1. The van der Waals surface area contributed by atoms with Gasteiger partial charge in [0.25, 0.3) is 0 Å². The highest BCUT2D eigenvalue weighted by Gasteiger charge is 2.44. The first-order valence-electron chi connectivity index (χ1n) is 8.71. The molecule has 144 valence electrons. The zero-order valence-electron chi connectivity index (χ0n) is 15.6. The van der Waals surface area contributed by atoms with Gasteiger partial charge in [0.05, 0.1) is 22.0 Å². The standard InChI is InChI=1S/C19H19N5O2S2/c1-10(28-18-22-14(20)11-8-9-27-15(11)23-18)16(25)24-13-7-5-4-6-12(13)21-17(26)19(24,2)3/h4-10H,1-3H3,(H,21,26)(H2,20,22,23). The fourth-order valence-electron chi connectivity index (χ4n) is 3.15. The Morgan fingerprint density at radius 1 is 1.29 bits per heavy atom. The van der Waals surface area contributed by atoms with Crippen molar-refractivity contribution in [1.29, 1.82) is 0 Å². The van der Waals surface area contributed by atoms with Gasteiger partial charge >= 0.3 is 0 Å². The number of nitrogens with zero attached hydrogens (tertiary/aromatic N) is 3. The van der Waals surface area contributed by atoms with E-state index in [2.05, 4.69) is 15.3 Å². The summed E-state index contributed by atoms with van der Waals surface area (Å²) >= 11 is 2.71. The maximum Gasteiger partial charge on any atom is 0.250 e. The third-order valence-corrected chi connectivity index (χ3v) is 6.45. The van der Waals surface area contributed by atoms with Gasteiger partial charge in [0, 0.05) is 0 Å². The van der Waals surface area contributed by atoms with Crippen molar-refractivity contribution in [3.05, 3.63) is 35.7 Å². The predicted octanol–water partition coefficient (Wildman–Crippen LogP) is 3.52. The predicted molar refractivity (Wildman–Crippen MR) is 114 cm³/mol. The summed E-state index contributed by atoms with van der Waals surface area (Å²) in [5, 5.41) is 5.53. The fourth-order valence-corrected chi connectivity index (χ4v) is 4.79. The van der Waals surface area contributed by atoms with Crippen molar-refractivity contribution in [1.82, 2.24) is 9.97 Å². The third kappa shape index (κ3) is 3.00. The van der Waals surface area contributed by atoms with Gasteiger partial charge in [-0.1, -0.05) is 23.9 Å². The number of benzene rings is 1. The molecule has 7 nitrogen and oxygen atoms in total. The molecule has 0 spiro atoms. The Balaban J connectivity index is 1.66. The Hall–Kier alpha value is -2.65. The first kappa shape index (κ1) is 18.7. The molecule has 0 saturated carbocycles. The summed E-state index contributed by atoms with van der Waals surface area (Å²) in [5.41, 5.74) is 6.30. The minimum atomic E-state index is -1.02. The Bertz CT molecular complexity index is 1090. The van der Waals surface area contributed by atoms with E-state index < -0.39 is 10.8 Å². The second-order valence-corrected chi connectivity index (χ2v) is 9.20. The molecule has 3 heterocycles. The second-order valence-electron chi connectivity index (χ2n) is 6.99. The summed E-state index contributed by atoms with van der Waals surface area (Å²) in [7, 11) is 0. The highest BCUT2D eigenvalue weighted by Crippen LogP contribution is 2.38.